The first kappa shape index (κ1) is 19.9. The lowest BCUT2D eigenvalue weighted by molar-refractivity contribution is 0.258. The van der Waals surface area contributed by atoms with Crippen LogP contribution in [0.5, 0.6) is 0 Å². The first-order valence-corrected chi connectivity index (χ1v) is 9.91. The van der Waals surface area contributed by atoms with Crippen molar-refractivity contribution in [3.63, 3.8) is 0 Å². The number of halogens is 4. The molecule has 0 amide bonds. The van der Waals surface area contributed by atoms with Crippen LogP contribution in [0.4, 0.5) is 17.6 Å². The fourth-order valence-electron chi connectivity index (χ4n) is 4.22. The van der Waals surface area contributed by atoms with Gasteiger partial charge in [-0.05, 0) is 66.5 Å². The number of benzene rings is 2. The molecule has 1 aliphatic rings. The van der Waals surface area contributed by atoms with Gasteiger partial charge in [0.05, 0.1) is 5.56 Å². The number of unbranched alkanes of at least 4 members (excludes halogenated alkanes) is 1. The zero-order valence-corrected chi connectivity index (χ0v) is 15.7. The molecule has 0 atom stereocenters. The second-order valence-corrected chi connectivity index (χ2v) is 7.80. The normalized spacial score (nSPS) is 20.0. The Hall–Kier alpha value is -1.84. The highest BCUT2D eigenvalue weighted by molar-refractivity contribution is 5.65. The van der Waals surface area contributed by atoms with Gasteiger partial charge >= 0.3 is 0 Å². The SMILES string of the molecule is CCCCC1CCC(Cc2cc(F)c(-c3ccc(F)c(F)c3)c(F)c2)CC1. The molecule has 0 radical (unpaired) electrons. The second kappa shape index (κ2) is 8.90. The van der Waals surface area contributed by atoms with Crippen LogP contribution in [0.3, 0.4) is 0 Å². The Morgan fingerprint density at radius 1 is 0.778 bits per heavy atom. The highest BCUT2D eigenvalue weighted by Crippen LogP contribution is 2.35. The fraction of sp³-hybridized carbons (Fsp3) is 0.478. The van der Waals surface area contributed by atoms with E-state index in [1.807, 2.05) is 0 Å². The highest BCUT2D eigenvalue weighted by atomic mass is 19.2. The van der Waals surface area contributed by atoms with Gasteiger partial charge in [0.1, 0.15) is 11.6 Å². The summed E-state index contributed by atoms with van der Waals surface area (Å²) < 4.78 is 55.5. The molecule has 0 bridgehead atoms. The lowest BCUT2D eigenvalue weighted by atomic mass is 9.77. The van der Waals surface area contributed by atoms with Gasteiger partial charge in [0, 0.05) is 0 Å². The Balaban J connectivity index is 1.69. The minimum Gasteiger partial charge on any atom is -0.206 e. The van der Waals surface area contributed by atoms with Crippen molar-refractivity contribution in [2.24, 2.45) is 11.8 Å². The highest BCUT2D eigenvalue weighted by Gasteiger charge is 2.22. The van der Waals surface area contributed by atoms with Gasteiger partial charge in [0.15, 0.2) is 11.6 Å². The van der Waals surface area contributed by atoms with E-state index in [1.165, 1.54) is 50.3 Å². The molecule has 1 aliphatic carbocycles. The predicted molar refractivity (Wildman–Crippen MR) is 100 cm³/mol. The molecule has 0 heterocycles. The molecule has 1 fully saturated rings. The summed E-state index contributed by atoms with van der Waals surface area (Å²) in [5.41, 5.74) is 0.334. The van der Waals surface area contributed by atoms with Crippen LogP contribution >= 0.6 is 0 Å². The van der Waals surface area contributed by atoms with Crippen LogP contribution in [0.15, 0.2) is 30.3 Å². The lowest BCUT2D eigenvalue weighted by Gasteiger charge is -2.28. The summed E-state index contributed by atoms with van der Waals surface area (Å²) in [5.74, 6) is -2.36. The van der Waals surface area contributed by atoms with Crippen LogP contribution in [-0.2, 0) is 6.42 Å². The molecular formula is C23H26F4. The van der Waals surface area contributed by atoms with Gasteiger partial charge in [0.2, 0.25) is 0 Å². The maximum absolute atomic E-state index is 14.5. The average Bonchev–Trinajstić information content (AvgIpc) is 2.63. The summed E-state index contributed by atoms with van der Waals surface area (Å²) in [4.78, 5) is 0. The number of hydrogen-bond acceptors (Lipinski definition) is 0. The third kappa shape index (κ3) is 4.91. The standard InChI is InChI=1S/C23H26F4/c1-2-3-4-15-5-7-16(8-6-15)11-17-12-21(26)23(22(27)13-17)18-9-10-19(24)20(25)14-18/h9-10,12-16H,2-8,11H2,1H3. The summed E-state index contributed by atoms with van der Waals surface area (Å²) in [6, 6.07) is 5.57. The smallest absolute Gasteiger partial charge is 0.159 e. The summed E-state index contributed by atoms with van der Waals surface area (Å²) >= 11 is 0. The first-order chi connectivity index (χ1) is 13.0. The summed E-state index contributed by atoms with van der Waals surface area (Å²) in [6.45, 7) is 2.21. The van der Waals surface area contributed by atoms with Gasteiger partial charge in [-0.1, -0.05) is 45.1 Å². The van der Waals surface area contributed by atoms with Crippen LogP contribution in [-0.4, -0.2) is 0 Å². The van der Waals surface area contributed by atoms with E-state index in [4.69, 9.17) is 0 Å². The largest absolute Gasteiger partial charge is 0.206 e. The van der Waals surface area contributed by atoms with E-state index in [0.29, 0.717) is 17.9 Å². The molecule has 27 heavy (non-hydrogen) atoms. The second-order valence-electron chi connectivity index (χ2n) is 7.80. The third-order valence-electron chi connectivity index (χ3n) is 5.77. The average molecular weight is 378 g/mol. The van der Waals surface area contributed by atoms with E-state index < -0.39 is 23.3 Å². The van der Waals surface area contributed by atoms with Gasteiger partial charge in [-0.25, -0.2) is 17.6 Å². The molecule has 4 heteroatoms. The molecular weight excluding hydrogens is 352 g/mol. The molecule has 0 unspecified atom stereocenters. The van der Waals surface area contributed by atoms with Crippen molar-refractivity contribution in [2.75, 3.05) is 0 Å². The zero-order chi connectivity index (χ0) is 19.4. The molecule has 1 saturated carbocycles. The summed E-state index contributed by atoms with van der Waals surface area (Å²) in [6.07, 6.45) is 9.04. The lowest BCUT2D eigenvalue weighted by Crippen LogP contribution is -2.16. The van der Waals surface area contributed by atoms with E-state index in [1.54, 1.807) is 0 Å². The van der Waals surface area contributed by atoms with Crippen LogP contribution < -0.4 is 0 Å². The van der Waals surface area contributed by atoms with Gasteiger partial charge in [-0.2, -0.15) is 0 Å². The van der Waals surface area contributed by atoms with Gasteiger partial charge in [-0.3, -0.25) is 0 Å². The van der Waals surface area contributed by atoms with Crippen LogP contribution in [0, 0.1) is 35.1 Å². The Bertz CT molecular complexity index is 753. The van der Waals surface area contributed by atoms with Crippen molar-refractivity contribution in [1.29, 1.82) is 0 Å². The van der Waals surface area contributed by atoms with Gasteiger partial charge < -0.3 is 0 Å². The number of hydrogen-bond donors (Lipinski definition) is 0. The molecule has 0 saturated heterocycles. The van der Waals surface area contributed by atoms with E-state index in [9.17, 15) is 17.6 Å². The maximum Gasteiger partial charge on any atom is 0.159 e. The predicted octanol–water partition coefficient (Wildman–Crippen LogP) is 7.45. The van der Waals surface area contributed by atoms with Crippen LogP contribution in [0.25, 0.3) is 11.1 Å². The Kier molecular flexibility index (Phi) is 6.56. The molecule has 0 aliphatic heterocycles. The summed E-state index contributed by atoms with van der Waals surface area (Å²) in [5, 5.41) is 0. The Morgan fingerprint density at radius 2 is 1.41 bits per heavy atom. The van der Waals surface area contributed by atoms with Gasteiger partial charge in [-0.15, -0.1) is 0 Å². The fourth-order valence-corrected chi connectivity index (χ4v) is 4.22. The van der Waals surface area contributed by atoms with Crippen molar-refractivity contribution >= 4 is 0 Å². The van der Waals surface area contributed by atoms with E-state index in [0.717, 1.165) is 30.9 Å². The molecule has 0 spiro atoms. The first-order valence-electron chi connectivity index (χ1n) is 9.91. The molecule has 0 aromatic heterocycles. The van der Waals surface area contributed by atoms with Crippen LogP contribution in [0.1, 0.15) is 57.4 Å². The Labute approximate surface area is 158 Å². The van der Waals surface area contributed by atoms with Gasteiger partial charge in [0.25, 0.3) is 0 Å². The minimum absolute atomic E-state index is 0.00637. The molecule has 2 aromatic rings. The van der Waals surface area contributed by atoms with Crippen molar-refractivity contribution in [2.45, 2.75) is 58.3 Å². The molecule has 146 valence electrons. The quantitative estimate of drug-likeness (QED) is 0.458. The van der Waals surface area contributed by atoms with Crippen molar-refractivity contribution in [3.05, 3.63) is 59.2 Å². The molecule has 2 aromatic carbocycles. The van der Waals surface area contributed by atoms with Crippen molar-refractivity contribution < 1.29 is 17.6 Å². The zero-order valence-electron chi connectivity index (χ0n) is 15.7. The van der Waals surface area contributed by atoms with Crippen molar-refractivity contribution in [3.8, 4) is 11.1 Å². The minimum atomic E-state index is -1.12. The summed E-state index contributed by atoms with van der Waals surface area (Å²) in [7, 11) is 0. The molecule has 3 rings (SSSR count). The Morgan fingerprint density at radius 3 is 2.00 bits per heavy atom. The van der Waals surface area contributed by atoms with E-state index in [2.05, 4.69) is 6.92 Å². The maximum atomic E-state index is 14.5. The number of rotatable bonds is 6. The van der Waals surface area contributed by atoms with E-state index in [-0.39, 0.29) is 11.1 Å². The molecule has 0 nitrogen and oxygen atoms in total. The third-order valence-corrected chi connectivity index (χ3v) is 5.77. The topological polar surface area (TPSA) is 0 Å². The van der Waals surface area contributed by atoms with Crippen LogP contribution in [0.2, 0.25) is 0 Å². The molecule has 0 N–H and O–H groups in total. The monoisotopic (exact) mass is 378 g/mol. The van der Waals surface area contributed by atoms with E-state index >= 15 is 0 Å². The van der Waals surface area contributed by atoms with Crippen molar-refractivity contribution in [1.82, 2.24) is 0 Å².